The number of primary amides is 1. The number of alkyl halides is 3. The Morgan fingerprint density at radius 2 is 2.07 bits per heavy atom. The lowest BCUT2D eigenvalue weighted by molar-refractivity contribution is -0.139. The minimum absolute atomic E-state index is 0.0703. The number of likely N-dealkylation sites (tertiary alicyclic amines) is 1. The molecule has 29 heavy (non-hydrogen) atoms. The third-order valence-electron chi connectivity index (χ3n) is 4.75. The van der Waals surface area contributed by atoms with Crippen LogP contribution in [-0.2, 0) is 20.8 Å². The molecule has 2 aliphatic rings. The first-order valence-electron chi connectivity index (χ1n) is 8.41. The van der Waals surface area contributed by atoms with Gasteiger partial charge in [-0.1, -0.05) is 12.1 Å². The molecular weight excluding hydrogens is 411 g/mol. The number of rotatable bonds is 4. The Kier molecular flexibility index (Phi) is 5.04. The summed E-state index contributed by atoms with van der Waals surface area (Å²) in [5.41, 5.74) is 1.98. The van der Waals surface area contributed by atoms with E-state index in [0.29, 0.717) is 0 Å². The molecule has 2 aliphatic heterocycles. The molecule has 0 saturated carbocycles. The van der Waals surface area contributed by atoms with Crippen molar-refractivity contribution in [2.75, 3.05) is 13.1 Å². The van der Waals surface area contributed by atoms with Crippen molar-refractivity contribution in [3.63, 3.8) is 0 Å². The highest BCUT2D eigenvalue weighted by atomic mass is 32.2. The number of benzene rings is 1. The van der Waals surface area contributed by atoms with Crippen LogP contribution in [0.4, 0.5) is 13.2 Å². The normalized spacial score (nSPS) is 24.6. The minimum atomic E-state index is -4.81. The summed E-state index contributed by atoms with van der Waals surface area (Å²) >= 11 is 0. The van der Waals surface area contributed by atoms with Crippen molar-refractivity contribution in [1.29, 1.82) is 5.26 Å². The first-order valence-corrected chi connectivity index (χ1v) is 9.96. The van der Waals surface area contributed by atoms with Crippen LogP contribution in [0, 0.1) is 11.3 Å². The Morgan fingerprint density at radius 1 is 1.38 bits per heavy atom. The van der Waals surface area contributed by atoms with Crippen molar-refractivity contribution in [3.05, 3.63) is 41.7 Å². The number of carbonyl (C=O) groups excluding carboxylic acids is 1. The number of halogens is 3. The van der Waals surface area contributed by atoms with Crippen molar-refractivity contribution >= 4 is 22.0 Å². The Labute approximate surface area is 164 Å². The summed E-state index contributed by atoms with van der Waals surface area (Å²) in [5, 5.41) is 10.7. The van der Waals surface area contributed by atoms with Crippen molar-refractivity contribution in [2.45, 2.75) is 28.4 Å². The number of carbonyl (C=O) groups is 1. The van der Waals surface area contributed by atoms with Gasteiger partial charge in [0.1, 0.15) is 11.9 Å². The van der Waals surface area contributed by atoms with Gasteiger partial charge in [0.2, 0.25) is 0 Å². The maximum absolute atomic E-state index is 13.3. The molecule has 1 aromatic carbocycles. The lowest BCUT2D eigenvalue weighted by Gasteiger charge is -2.31. The second-order valence-electron chi connectivity index (χ2n) is 6.54. The summed E-state index contributed by atoms with van der Waals surface area (Å²) in [6.45, 7) is 0.0620. The molecule has 8 nitrogen and oxygen atoms in total. The number of nitrogens with two attached hydrogens (primary N) is 1. The fourth-order valence-electron chi connectivity index (χ4n) is 3.23. The lowest BCUT2D eigenvalue weighted by atomic mass is 10.1. The van der Waals surface area contributed by atoms with E-state index in [9.17, 15) is 31.6 Å². The van der Waals surface area contributed by atoms with Gasteiger partial charge in [-0.05, 0) is 24.6 Å². The molecule has 3 rings (SSSR count). The summed E-state index contributed by atoms with van der Waals surface area (Å²) < 4.78 is 65.6. The molecule has 0 aliphatic carbocycles. The van der Waals surface area contributed by atoms with Gasteiger partial charge in [-0.15, -0.1) is 0 Å². The molecule has 1 saturated heterocycles. The number of nitrogens with zero attached hydrogens (tertiary/aromatic N) is 3. The molecule has 12 heteroatoms. The van der Waals surface area contributed by atoms with Crippen LogP contribution in [-0.4, -0.2) is 49.4 Å². The average Bonchev–Trinajstić information content (AvgIpc) is 3.18. The number of aliphatic imine (C=N–C) groups is 1. The molecule has 3 N–H and O–H groups in total. The molecular formula is C17H16F3N5O3S. The van der Waals surface area contributed by atoms with Crippen LogP contribution in [0.3, 0.4) is 0 Å². The quantitative estimate of drug-likeness (QED) is 0.731. The van der Waals surface area contributed by atoms with E-state index in [1.807, 2.05) is 0 Å². The van der Waals surface area contributed by atoms with Gasteiger partial charge in [-0.2, -0.15) is 18.4 Å². The smallest absolute Gasteiger partial charge is 0.365 e. The van der Waals surface area contributed by atoms with E-state index in [-0.39, 0.29) is 25.3 Å². The van der Waals surface area contributed by atoms with Crippen LogP contribution in [0.1, 0.15) is 12.0 Å². The molecule has 1 fully saturated rings. The maximum Gasteiger partial charge on any atom is 0.417 e. The fraction of sp³-hybridized carbons (Fsp3) is 0.353. The first kappa shape index (κ1) is 20.7. The van der Waals surface area contributed by atoms with Crippen LogP contribution in [0.25, 0.3) is 0 Å². The maximum atomic E-state index is 13.3. The van der Waals surface area contributed by atoms with Gasteiger partial charge in [-0.3, -0.25) is 4.79 Å². The van der Waals surface area contributed by atoms with E-state index >= 15 is 0 Å². The highest BCUT2D eigenvalue weighted by Gasteiger charge is 2.44. The van der Waals surface area contributed by atoms with E-state index in [4.69, 9.17) is 5.73 Å². The number of hydrogen-bond acceptors (Lipinski definition) is 7. The summed E-state index contributed by atoms with van der Waals surface area (Å²) in [6, 6.07) is 5.71. The van der Waals surface area contributed by atoms with E-state index in [0.717, 1.165) is 18.2 Å². The van der Waals surface area contributed by atoms with Crippen LogP contribution < -0.4 is 11.1 Å². The summed E-state index contributed by atoms with van der Waals surface area (Å²) in [6.07, 6.45) is -2.11. The Morgan fingerprint density at radius 3 is 2.69 bits per heavy atom. The molecule has 0 bridgehead atoms. The monoisotopic (exact) mass is 427 g/mol. The van der Waals surface area contributed by atoms with Gasteiger partial charge < -0.3 is 16.0 Å². The molecule has 0 aromatic heterocycles. The zero-order valence-corrected chi connectivity index (χ0v) is 15.7. The largest absolute Gasteiger partial charge is 0.417 e. The zero-order valence-electron chi connectivity index (χ0n) is 14.8. The molecule has 1 unspecified atom stereocenters. The molecule has 2 atom stereocenters. The first-order chi connectivity index (χ1) is 13.5. The number of amides is 1. The molecule has 0 radical (unpaired) electrons. The highest BCUT2D eigenvalue weighted by Crippen LogP contribution is 2.37. The Hall–Kier alpha value is -3.07. The van der Waals surface area contributed by atoms with Crippen LogP contribution in [0.2, 0.25) is 0 Å². The van der Waals surface area contributed by atoms with Crippen molar-refractivity contribution in [1.82, 2.24) is 10.2 Å². The van der Waals surface area contributed by atoms with Crippen LogP contribution in [0.15, 0.2) is 46.1 Å². The number of nitrogens with one attached hydrogen (secondary N) is 1. The van der Waals surface area contributed by atoms with Gasteiger partial charge in [0.15, 0.2) is 9.84 Å². The van der Waals surface area contributed by atoms with Gasteiger partial charge >= 0.3 is 6.18 Å². The van der Waals surface area contributed by atoms with Crippen LogP contribution >= 0.6 is 0 Å². The standard InChI is InChI=1S/C17H16F3N5O3S/c18-17(19,20)12-3-1-2-4-13(12)29(27,28)11-6-8-25(9-11)14-5-7-23-16(10-21,24-14)15(22)26/h1-5,7,11,24H,6,8-9H2,(H2,22,26)/t11-,16?/m0/s1. The topological polar surface area (TPSA) is 129 Å². The van der Waals surface area contributed by atoms with Crippen molar-refractivity contribution in [3.8, 4) is 6.07 Å². The lowest BCUT2D eigenvalue weighted by Crippen LogP contribution is -2.56. The second-order valence-corrected chi connectivity index (χ2v) is 8.73. The van der Waals surface area contributed by atoms with Crippen molar-refractivity contribution in [2.24, 2.45) is 10.7 Å². The van der Waals surface area contributed by atoms with Gasteiger partial charge in [0.05, 0.1) is 15.7 Å². The van der Waals surface area contributed by atoms with E-state index < -0.39 is 43.3 Å². The van der Waals surface area contributed by atoms with Gasteiger partial charge in [0, 0.05) is 19.3 Å². The average molecular weight is 427 g/mol. The Bertz CT molecular complexity index is 1050. The molecule has 2 heterocycles. The molecule has 1 aromatic rings. The minimum Gasteiger partial charge on any atom is -0.365 e. The predicted molar refractivity (Wildman–Crippen MR) is 95.9 cm³/mol. The second kappa shape index (κ2) is 7.07. The Balaban J connectivity index is 1.85. The fourth-order valence-corrected chi connectivity index (χ4v) is 5.14. The SMILES string of the molecule is N#CC1(C(N)=O)N=CC=C(N2CC[C@H](S(=O)(=O)c3ccccc3C(F)(F)F)C2)N1. The third-order valence-corrected chi connectivity index (χ3v) is 6.98. The summed E-state index contributed by atoms with van der Waals surface area (Å²) in [5.74, 6) is -0.800. The molecule has 0 spiro atoms. The number of hydrogen-bond donors (Lipinski definition) is 2. The highest BCUT2D eigenvalue weighted by molar-refractivity contribution is 7.92. The molecule has 154 valence electrons. The zero-order chi connectivity index (χ0) is 21.4. The number of allylic oxidation sites excluding steroid dienone is 1. The van der Waals surface area contributed by atoms with Crippen molar-refractivity contribution < 1.29 is 26.4 Å². The molecule has 1 amide bonds. The number of nitriles is 1. The van der Waals surface area contributed by atoms with E-state index in [1.54, 1.807) is 6.07 Å². The van der Waals surface area contributed by atoms with Gasteiger partial charge in [0.25, 0.3) is 11.6 Å². The number of sulfone groups is 1. The summed E-state index contributed by atoms with van der Waals surface area (Å²) in [7, 11) is -4.28. The summed E-state index contributed by atoms with van der Waals surface area (Å²) in [4.78, 5) is 16.1. The van der Waals surface area contributed by atoms with E-state index in [1.165, 1.54) is 23.3 Å². The predicted octanol–water partition coefficient (Wildman–Crippen LogP) is 0.774. The van der Waals surface area contributed by atoms with Crippen LogP contribution in [0.5, 0.6) is 0 Å². The van der Waals surface area contributed by atoms with E-state index in [2.05, 4.69) is 10.3 Å². The third kappa shape index (κ3) is 3.65. The van der Waals surface area contributed by atoms with Gasteiger partial charge in [-0.25, -0.2) is 13.4 Å².